The Bertz CT molecular complexity index is 542. The topological polar surface area (TPSA) is 133 Å². The van der Waals surface area contributed by atoms with Gasteiger partial charge >= 0.3 is 0 Å². The van der Waals surface area contributed by atoms with Gasteiger partial charge < -0.3 is 30.8 Å². The Labute approximate surface area is 133 Å². The van der Waals surface area contributed by atoms with Gasteiger partial charge in [-0.3, -0.25) is 4.79 Å². The Hall–Kier alpha value is -1.55. The molecule has 1 fully saturated rings. The molecule has 8 heteroatoms. The third-order valence-corrected chi connectivity index (χ3v) is 4.13. The van der Waals surface area contributed by atoms with Crippen molar-refractivity contribution < 1.29 is 30.3 Å². The number of piperidine rings is 1. The van der Waals surface area contributed by atoms with Crippen LogP contribution in [0.15, 0.2) is 30.3 Å². The molecule has 1 aliphatic heterocycles. The molecule has 1 aromatic carbocycles. The lowest BCUT2D eigenvalue weighted by Crippen LogP contribution is -2.79. The van der Waals surface area contributed by atoms with Crippen LogP contribution in [0, 0.1) is 0 Å². The third-order valence-electron chi connectivity index (χ3n) is 4.13. The fraction of sp³-hybridized carbons (Fsp3) is 0.533. The van der Waals surface area contributed by atoms with Crippen molar-refractivity contribution in [2.75, 3.05) is 6.61 Å². The van der Waals surface area contributed by atoms with Gasteiger partial charge in [0.2, 0.25) is 5.91 Å². The fourth-order valence-electron chi connectivity index (χ4n) is 2.93. The third kappa shape index (κ3) is 3.23. The zero-order valence-electron chi connectivity index (χ0n) is 12.7. The number of hydrogen-bond donors (Lipinski definition) is 6. The van der Waals surface area contributed by atoms with Crippen LogP contribution in [0.3, 0.4) is 0 Å². The molecule has 0 saturated carbocycles. The van der Waals surface area contributed by atoms with Gasteiger partial charge in [0.25, 0.3) is 0 Å². The Morgan fingerprint density at radius 2 is 1.78 bits per heavy atom. The van der Waals surface area contributed by atoms with Gasteiger partial charge in [0, 0.05) is 13.5 Å². The zero-order valence-corrected chi connectivity index (χ0v) is 12.7. The minimum absolute atomic E-state index is 0.0314. The summed E-state index contributed by atoms with van der Waals surface area (Å²) in [5, 5.41) is 52.7. The van der Waals surface area contributed by atoms with Crippen molar-refractivity contribution in [3.63, 3.8) is 0 Å². The number of nitrogens with one attached hydrogen (secondary N) is 1. The van der Waals surface area contributed by atoms with Gasteiger partial charge in [0.05, 0.1) is 6.61 Å². The number of hydrogen-bond acceptors (Lipinski definition) is 7. The van der Waals surface area contributed by atoms with Gasteiger partial charge in [-0.25, -0.2) is 4.90 Å². The molecule has 5 atom stereocenters. The molecule has 1 unspecified atom stereocenters. The van der Waals surface area contributed by atoms with Gasteiger partial charge in [0.15, 0.2) is 0 Å². The maximum Gasteiger partial charge on any atom is 0.218 e. The second kappa shape index (κ2) is 6.91. The van der Waals surface area contributed by atoms with Gasteiger partial charge in [-0.2, -0.15) is 0 Å². The highest BCUT2D eigenvalue weighted by Crippen LogP contribution is 2.32. The van der Waals surface area contributed by atoms with Crippen molar-refractivity contribution in [3.05, 3.63) is 35.9 Å². The van der Waals surface area contributed by atoms with Crippen LogP contribution in [0.2, 0.25) is 0 Å². The molecule has 23 heavy (non-hydrogen) atoms. The number of rotatable bonds is 4. The van der Waals surface area contributed by atoms with E-state index in [0.29, 0.717) is 0 Å². The molecule has 0 spiro atoms. The first-order valence-electron chi connectivity index (χ1n) is 7.26. The van der Waals surface area contributed by atoms with Crippen LogP contribution >= 0.6 is 0 Å². The Kier molecular flexibility index (Phi) is 5.35. The first kappa shape index (κ1) is 17.8. The molecule has 1 saturated heterocycles. The summed E-state index contributed by atoms with van der Waals surface area (Å²) in [4.78, 5) is 12.7. The van der Waals surface area contributed by atoms with Crippen LogP contribution in [0.4, 0.5) is 0 Å². The molecule has 8 nitrogen and oxygen atoms in total. The molecule has 6 N–H and O–H groups in total. The maximum absolute atomic E-state index is 11.5. The second-order valence-corrected chi connectivity index (χ2v) is 5.72. The Morgan fingerprint density at radius 3 is 2.30 bits per heavy atom. The first-order valence-corrected chi connectivity index (χ1v) is 7.26. The zero-order chi connectivity index (χ0) is 17.2. The number of aliphatic hydroxyl groups is 5. The Morgan fingerprint density at radius 1 is 1.17 bits per heavy atom. The minimum atomic E-state index is -1.82. The summed E-state index contributed by atoms with van der Waals surface area (Å²) >= 11 is 0. The van der Waals surface area contributed by atoms with E-state index in [-0.39, 0.29) is 6.54 Å². The summed E-state index contributed by atoms with van der Waals surface area (Å²) in [7, 11) is 0. The van der Waals surface area contributed by atoms with Crippen molar-refractivity contribution in [1.29, 1.82) is 0 Å². The summed E-state index contributed by atoms with van der Waals surface area (Å²) in [6, 6.07) is 8.86. The van der Waals surface area contributed by atoms with Gasteiger partial charge in [-0.1, -0.05) is 30.3 Å². The number of nitrogens with zero attached hydrogens (tertiary/aromatic N) is 1. The highest BCUT2D eigenvalue weighted by Gasteiger charge is 2.57. The molecule has 0 bridgehead atoms. The largest absolute Gasteiger partial charge is 0.392 e. The molecule has 0 radical (unpaired) electrons. The van der Waals surface area contributed by atoms with Crippen LogP contribution in [-0.2, 0) is 11.3 Å². The van der Waals surface area contributed by atoms with Crippen molar-refractivity contribution in [2.45, 2.75) is 43.7 Å². The van der Waals surface area contributed by atoms with E-state index in [2.05, 4.69) is 5.32 Å². The van der Waals surface area contributed by atoms with Crippen LogP contribution in [-0.4, -0.2) is 73.1 Å². The van der Waals surface area contributed by atoms with Crippen molar-refractivity contribution in [2.24, 2.45) is 0 Å². The molecule has 1 amide bonds. The van der Waals surface area contributed by atoms with Crippen molar-refractivity contribution in [3.8, 4) is 0 Å². The monoisotopic (exact) mass is 326 g/mol. The minimum Gasteiger partial charge on any atom is -0.392 e. The first-order chi connectivity index (χ1) is 10.8. The molecular weight excluding hydrogens is 304 g/mol. The van der Waals surface area contributed by atoms with E-state index in [1.165, 1.54) is 11.8 Å². The van der Waals surface area contributed by atoms with E-state index >= 15 is 0 Å². The standard InChI is InChI=1S/C15H22N2O6/c1-9(19)16-15(8-18)13(22)11(20)12(21)14(23)17(15)7-10-5-3-2-4-6-10/h2-6,11-14,18,20-23H,7-8H2,1H3,(H,16,19)/t11-,12-,13+,14?,15-/m1/s1. The molecular formula is C15H22N2O6. The van der Waals surface area contributed by atoms with E-state index < -0.39 is 42.7 Å². The normalized spacial score (nSPS) is 35.0. The van der Waals surface area contributed by atoms with Crippen LogP contribution in [0.25, 0.3) is 0 Å². The molecule has 1 aromatic rings. The number of amides is 1. The fourth-order valence-corrected chi connectivity index (χ4v) is 2.93. The predicted molar refractivity (Wildman–Crippen MR) is 79.6 cm³/mol. The van der Waals surface area contributed by atoms with Gasteiger partial charge in [-0.05, 0) is 5.56 Å². The lowest BCUT2D eigenvalue weighted by atomic mass is 9.86. The van der Waals surface area contributed by atoms with Gasteiger partial charge in [-0.15, -0.1) is 0 Å². The summed E-state index contributed by atoms with van der Waals surface area (Å²) in [6.07, 6.45) is -6.66. The Balaban J connectivity index is 2.44. The van der Waals surface area contributed by atoms with Gasteiger partial charge in [0.1, 0.15) is 30.2 Å². The molecule has 128 valence electrons. The average Bonchev–Trinajstić information content (AvgIpc) is 2.54. The summed E-state index contributed by atoms with van der Waals surface area (Å²) in [5.74, 6) is -0.563. The number of likely N-dealkylation sites (tertiary alicyclic amines) is 1. The van der Waals surface area contributed by atoms with Crippen LogP contribution < -0.4 is 5.32 Å². The number of carbonyl (C=O) groups excluding carboxylic acids is 1. The van der Waals surface area contributed by atoms with E-state index in [1.54, 1.807) is 30.3 Å². The molecule has 1 aliphatic rings. The average molecular weight is 326 g/mol. The highest BCUT2D eigenvalue weighted by molar-refractivity contribution is 5.74. The predicted octanol–water partition coefficient (Wildman–Crippen LogP) is -2.27. The summed E-state index contributed by atoms with van der Waals surface area (Å²) in [6.45, 7) is 0.458. The van der Waals surface area contributed by atoms with Crippen molar-refractivity contribution >= 4 is 5.91 Å². The second-order valence-electron chi connectivity index (χ2n) is 5.72. The molecule has 0 aromatic heterocycles. The highest BCUT2D eigenvalue weighted by atomic mass is 16.4. The van der Waals surface area contributed by atoms with Crippen LogP contribution in [0.5, 0.6) is 0 Å². The van der Waals surface area contributed by atoms with E-state index in [9.17, 15) is 30.3 Å². The lowest BCUT2D eigenvalue weighted by Gasteiger charge is -2.54. The number of carbonyl (C=O) groups is 1. The van der Waals surface area contributed by atoms with Crippen LogP contribution in [0.1, 0.15) is 12.5 Å². The smallest absolute Gasteiger partial charge is 0.218 e. The number of aliphatic hydroxyl groups excluding tert-OH is 5. The lowest BCUT2D eigenvalue weighted by molar-refractivity contribution is -0.267. The molecule has 0 aliphatic carbocycles. The van der Waals surface area contributed by atoms with Crippen molar-refractivity contribution in [1.82, 2.24) is 10.2 Å². The molecule has 2 rings (SSSR count). The SMILES string of the molecule is CC(=O)N[C@@]1(CO)[C@@H](O)[C@H](O)[C@@H](O)C(O)N1Cc1ccccc1. The quantitative estimate of drug-likeness (QED) is 0.367. The maximum atomic E-state index is 11.5. The number of benzene rings is 1. The molecule has 1 heterocycles. The summed E-state index contributed by atoms with van der Waals surface area (Å²) in [5.41, 5.74) is -1.09. The van der Waals surface area contributed by atoms with E-state index in [0.717, 1.165) is 5.56 Å². The summed E-state index contributed by atoms with van der Waals surface area (Å²) < 4.78 is 0. The van der Waals surface area contributed by atoms with E-state index in [4.69, 9.17) is 0 Å². The van der Waals surface area contributed by atoms with E-state index in [1.807, 2.05) is 0 Å².